The molecular formula is C16H17ClFNO2. The van der Waals surface area contributed by atoms with E-state index in [0.717, 1.165) is 5.56 Å². The average Bonchev–Trinajstić information content (AvgIpc) is 2.48. The van der Waals surface area contributed by atoms with E-state index in [1.807, 2.05) is 13.1 Å². The molecule has 21 heavy (non-hydrogen) atoms. The summed E-state index contributed by atoms with van der Waals surface area (Å²) in [6.45, 7) is 0.748. The number of ether oxygens (including phenoxy) is 2. The van der Waals surface area contributed by atoms with Crippen molar-refractivity contribution in [3.63, 3.8) is 0 Å². The third-order valence-corrected chi connectivity index (χ3v) is 3.27. The third kappa shape index (κ3) is 3.86. The van der Waals surface area contributed by atoms with E-state index in [2.05, 4.69) is 5.32 Å². The van der Waals surface area contributed by atoms with Gasteiger partial charge in [0.25, 0.3) is 0 Å². The largest absolute Gasteiger partial charge is 0.494 e. The molecule has 0 unspecified atom stereocenters. The highest BCUT2D eigenvalue weighted by molar-refractivity contribution is 6.30. The van der Waals surface area contributed by atoms with Crippen molar-refractivity contribution in [3.05, 3.63) is 58.4 Å². The van der Waals surface area contributed by atoms with Crippen molar-refractivity contribution in [1.82, 2.24) is 5.32 Å². The number of halogens is 2. The first-order valence-electron chi connectivity index (χ1n) is 6.53. The van der Waals surface area contributed by atoms with Crippen LogP contribution >= 0.6 is 11.6 Å². The maximum atomic E-state index is 14.0. The number of benzene rings is 2. The van der Waals surface area contributed by atoms with E-state index in [-0.39, 0.29) is 12.4 Å². The summed E-state index contributed by atoms with van der Waals surface area (Å²) in [5, 5.41) is 3.69. The van der Waals surface area contributed by atoms with Crippen molar-refractivity contribution in [3.8, 4) is 11.5 Å². The summed E-state index contributed by atoms with van der Waals surface area (Å²) in [5.74, 6) is 0.489. The number of methoxy groups -OCH3 is 1. The molecule has 0 aliphatic heterocycles. The van der Waals surface area contributed by atoms with Crippen LogP contribution in [0.4, 0.5) is 4.39 Å². The lowest BCUT2D eigenvalue weighted by Gasteiger charge is -2.13. The summed E-state index contributed by atoms with van der Waals surface area (Å²) in [6, 6.07) is 10.3. The summed E-state index contributed by atoms with van der Waals surface area (Å²) in [5.41, 5.74) is 1.37. The number of hydrogen-bond donors (Lipinski definition) is 1. The van der Waals surface area contributed by atoms with Gasteiger partial charge in [0, 0.05) is 22.7 Å². The molecule has 1 N–H and O–H groups in total. The summed E-state index contributed by atoms with van der Waals surface area (Å²) in [7, 11) is 3.28. The molecule has 3 nitrogen and oxygen atoms in total. The number of nitrogens with one attached hydrogen (secondary N) is 1. The highest BCUT2D eigenvalue weighted by Gasteiger charge is 2.10. The van der Waals surface area contributed by atoms with Crippen LogP contribution in [0.25, 0.3) is 0 Å². The Bertz CT molecular complexity index is 619. The molecule has 0 radical (unpaired) electrons. The maximum absolute atomic E-state index is 14.0. The van der Waals surface area contributed by atoms with E-state index in [1.54, 1.807) is 30.3 Å². The molecule has 2 aromatic rings. The Kier molecular flexibility index (Phi) is 5.42. The molecule has 0 bridgehead atoms. The molecule has 0 aliphatic rings. The molecule has 112 valence electrons. The molecule has 2 aromatic carbocycles. The lowest BCUT2D eigenvalue weighted by molar-refractivity contribution is 0.292. The van der Waals surface area contributed by atoms with Gasteiger partial charge in [-0.05, 0) is 31.3 Å². The fourth-order valence-corrected chi connectivity index (χ4v) is 2.19. The maximum Gasteiger partial charge on any atom is 0.171 e. The van der Waals surface area contributed by atoms with Crippen LogP contribution in [0.5, 0.6) is 11.5 Å². The van der Waals surface area contributed by atoms with Crippen LogP contribution in [-0.4, -0.2) is 14.2 Å². The summed E-state index contributed by atoms with van der Waals surface area (Å²) in [6.07, 6.45) is 0. The van der Waals surface area contributed by atoms with Crippen LogP contribution in [-0.2, 0) is 13.2 Å². The lowest BCUT2D eigenvalue weighted by Crippen LogP contribution is -2.08. The van der Waals surface area contributed by atoms with Crippen LogP contribution in [0.15, 0.2) is 36.4 Å². The van der Waals surface area contributed by atoms with Gasteiger partial charge < -0.3 is 14.8 Å². The van der Waals surface area contributed by atoms with Gasteiger partial charge in [0.2, 0.25) is 0 Å². The zero-order chi connectivity index (χ0) is 15.2. The Labute approximate surface area is 128 Å². The van der Waals surface area contributed by atoms with Gasteiger partial charge in [0.15, 0.2) is 11.6 Å². The molecule has 0 saturated heterocycles. The normalized spacial score (nSPS) is 10.5. The minimum atomic E-state index is -0.399. The van der Waals surface area contributed by atoms with Crippen molar-refractivity contribution >= 4 is 11.6 Å². The van der Waals surface area contributed by atoms with E-state index in [1.165, 1.54) is 7.11 Å². The smallest absolute Gasteiger partial charge is 0.171 e. The van der Waals surface area contributed by atoms with E-state index in [9.17, 15) is 4.39 Å². The van der Waals surface area contributed by atoms with Gasteiger partial charge in [-0.15, -0.1) is 0 Å². The van der Waals surface area contributed by atoms with Crippen LogP contribution in [0.3, 0.4) is 0 Å². The Hall–Kier alpha value is -1.78. The summed E-state index contributed by atoms with van der Waals surface area (Å²) < 4.78 is 24.7. The van der Waals surface area contributed by atoms with Crippen LogP contribution in [0.2, 0.25) is 5.02 Å². The van der Waals surface area contributed by atoms with Crippen molar-refractivity contribution in [2.45, 2.75) is 13.2 Å². The first kappa shape index (κ1) is 15.6. The first-order chi connectivity index (χ1) is 10.2. The van der Waals surface area contributed by atoms with Crippen molar-refractivity contribution < 1.29 is 13.9 Å². The molecule has 0 amide bonds. The molecule has 0 atom stereocenters. The molecule has 2 rings (SSSR count). The van der Waals surface area contributed by atoms with Crippen LogP contribution < -0.4 is 14.8 Å². The zero-order valence-electron chi connectivity index (χ0n) is 12.0. The van der Waals surface area contributed by atoms with E-state index >= 15 is 0 Å². The fraction of sp³-hybridized carbons (Fsp3) is 0.250. The van der Waals surface area contributed by atoms with Gasteiger partial charge in [-0.25, -0.2) is 4.39 Å². The second-order valence-electron chi connectivity index (χ2n) is 4.50. The van der Waals surface area contributed by atoms with Gasteiger partial charge in [-0.3, -0.25) is 0 Å². The minimum absolute atomic E-state index is 0.126. The number of rotatable bonds is 6. The molecule has 0 fully saturated rings. The fourth-order valence-electron chi connectivity index (χ4n) is 2.00. The zero-order valence-corrected chi connectivity index (χ0v) is 12.7. The molecular weight excluding hydrogens is 293 g/mol. The van der Waals surface area contributed by atoms with Crippen LogP contribution in [0, 0.1) is 5.82 Å². The summed E-state index contributed by atoms with van der Waals surface area (Å²) >= 11 is 5.97. The van der Waals surface area contributed by atoms with Gasteiger partial charge in [-0.2, -0.15) is 0 Å². The summed E-state index contributed by atoms with van der Waals surface area (Å²) in [4.78, 5) is 0. The highest BCUT2D eigenvalue weighted by Crippen LogP contribution is 2.25. The second-order valence-corrected chi connectivity index (χ2v) is 4.94. The predicted molar refractivity (Wildman–Crippen MR) is 81.5 cm³/mol. The Morgan fingerprint density at radius 1 is 1.14 bits per heavy atom. The average molecular weight is 310 g/mol. The van der Waals surface area contributed by atoms with Crippen molar-refractivity contribution in [1.29, 1.82) is 0 Å². The molecule has 0 aliphatic carbocycles. The predicted octanol–water partition coefficient (Wildman–Crippen LogP) is 3.79. The van der Waals surface area contributed by atoms with Gasteiger partial charge in [0.1, 0.15) is 12.4 Å². The standard InChI is InChI=1S/C16H17ClFNO2/c1-19-9-12-8-13(17)6-7-14(12)21-10-11-4-3-5-15(20-2)16(11)18/h3-8,19H,9-10H2,1-2H3. The van der Waals surface area contributed by atoms with Gasteiger partial charge in [-0.1, -0.05) is 23.7 Å². The van der Waals surface area contributed by atoms with Gasteiger partial charge in [0.05, 0.1) is 7.11 Å². The van der Waals surface area contributed by atoms with E-state index < -0.39 is 5.82 Å². The SMILES string of the molecule is CNCc1cc(Cl)ccc1OCc1cccc(OC)c1F. The molecule has 0 heterocycles. The minimum Gasteiger partial charge on any atom is -0.494 e. The topological polar surface area (TPSA) is 30.5 Å². The monoisotopic (exact) mass is 309 g/mol. The molecule has 0 aromatic heterocycles. The Morgan fingerprint density at radius 2 is 1.95 bits per heavy atom. The van der Waals surface area contributed by atoms with E-state index in [4.69, 9.17) is 21.1 Å². The number of hydrogen-bond acceptors (Lipinski definition) is 3. The van der Waals surface area contributed by atoms with Gasteiger partial charge >= 0.3 is 0 Å². The Morgan fingerprint density at radius 3 is 2.67 bits per heavy atom. The third-order valence-electron chi connectivity index (χ3n) is 3.04. The molecule has 5 heteroatoms. The quantitative estimate of drug-likeness (QED) is 0.880. The first-order valence-corrected chi connectivity index (χ1v) is 6.90. The van der Waals surface area contributed by atoms with Crippen molar-refractivity contribution in [2.75, 3.05) is 14.2 Å². The second kappa shape index (κ2) is 7.29. The molecule has 0 saturated carbocycles. The molecule has 0 spiro atoms. The Balaban J connectivity index is 2.16. The van der Waals surface area contributed by atoms with Crippen molar-refractivity contribution in [2.24, 2.45) is 0 Å². The lowest BCUT2D eigenvalue weighted by atomic mass is 10.2. The van der Waals surface area contributed by atoms with Crippen LogP contribution in [0.1, 0.15) is 11.1 Å². The van der Waals surface area contributed by atoms with E-state index in [0.29, 0.717) is 22.9 Å². The highest BCUT2D eigenvalue weighted by atomic mass is 35.5.